The predicted molar refractivity (Wildman–Crippen MR) is 459 cm³/mol. The number of fused-ring (bicyclic) bond motifs is 14. The van der Waals surface area contributed by atoms with Crippen molar-refractivity contribution in [2.24, 2.45) is 0 Å². The number of benzene rings is 16. The smallest absolute Gasteiger partial charge is 0.252 e. The minimum absolute atomic E-state index is 0.104. The van der Waals surface area contributed by atoms with Crippen molar-refractivity contribution in [3.05, 3.63) is 399 Å². The Bertz CT molecular complexity index is 6470. The van der Waals surface area contributed by atoms with Crippen LogP contribution in [0.1, 0.15) is 29.2 Å². The van der Waals surface area contributed by atoms with Gasteiger partial charge in [0.15, 0.2) is 0 Å². The highest BCUT2D eigenvalue weighted by Gasteiger charge is 2.49. The van der Waals surface area contributed by atoms with E-state index in [1.807, 2.05) is 0 Å². The third-order valence-corrected chi connectivity index (χ3v) is 24.0. The Labute approximate surface area is 635 Å². The van der Waals surface area contributed by atoms with Gasteiger partial charge in [0.25, 0.3) is 13.4 Å². The van der Waals surface area contributed by atoms with E-state index >= 15 is 0 Å². The maximum Gasteiger partial charge on any atom is 0.252 e. The summed E-state index contributed by atoms with van der Waals surface area (Å²) in [5.74, 6) is 0.104. The molecule has 17 aromatic rings. The van der Waals surface area contributed by atoms with Gasteiger partial charge in [-0.25, -0.2) is 0 Å². The van der Waals surface area contributed by atoms with Crippen LogP contribution in [0.3, 0.4) is 0 Å². The molecule has 6 aliphatic rings. The Morgan fingerprint density at radius 3 is 1.04 bits per heavy atom. The standard InChI is InChI=1S/C102H67B2N5/c1-9-32-66(33-10-1)72-58-94-98-96(60-72)107(100-76(68-36-13-3-14-37-68)48-29-49-77(100)69-38-15-4-16-39-69)88-56-27-25-54-84(88)103(98)86-62-82-80-52-31-53-81-83-63-87-93(65-91(83)109(102(80)81)90(82)64-92(86)105(94)74-44-21-7-22-45-74)106(75-46-23-8-24-47-75)95-59-73(67-34-11-2-12-35-67)61-97-99(95)104(87)85-55-26-28-57-89(85)108(97)101-78(70-40-17-5-18-41-70)50-30-51-79(101)71-42-19-6-20-43-71/h1-52,54-65,81H,53H2. The Hall–Kier alpha value is -13.9. The molecule has 1 aromatic heterocycles. The van der Waals surface area contributed by atoms with E-state index < -0.39 is 0 Å². The SMILES string of the molecule is C1=Cc2c3n(c4cc5c(cc24)B2c4ccccc4N(c4c(-c6ccccc6)cccc4-c4ccccc4)c4cc(-c6ccccc6)cc(c42)N5c2ccccc2)-c2cc4c(cc2C3C1)B1c2ccccc2N(c2c(-c3ccccc3)cccc2-c2ccccc2)c2cc(-c3ccccc3)cc(c21)N4c1ccccc1. The van der Waals surface area contributed by atoms with E-state index in [1.54, 1.807) is 0 Å². The lowest BCUT2D eigenvalue weighted by Crippen LogP contribution is -2.61. The summed E-state index contributed by atoms with van der Waals surface area (Å²) < 4.78 is 2.70. The molecular weight excluding hydrogens is 1320 g/mol. The summed E-state index contributed by atoms with van der Waals surface area (Å²) in [5.41, 5.74) is 42.1. The van der Waals surface area contributed by atoms with Crippen molar-refractivity contribution in [3.8, 4) is 72.4 Å². The highest BCUT2D eigenvalue weighted by molar-refractivity contribution is 7.01. The van der Waals surface area contributed by atoms with E-state index in [-0.39, 0.29) is 19.3 Å². The molecule has 506 valence electrons. The second kappa shape index (κ2) is 24.3. The van der Waals surface area contributed by atoms with Crippen molar-refractivity contribution in [3.63, 3.8) is 0 Å². The van der Waals surface area contributed by atoms with Gasteiger partial charge in [-0.2, -0.15) is 0 Å². The molecule has 5 nitrogen and oxygen atoms in total. The van der Waals surface area contributed by atoms with E-state index in [0.717, 1.165) is 51.4 Å². The fourth-order valence-electron chi connectivity index (χ4n) is 19.5. The summed E-state index contributed by atoms with van der Waals surface area (Å²) in [6.07, 6.45) is 5.82. The summed E-state index contributed by atoms with van der Waals surface area (Å²) in [5, 5.41) is 1.27. The van der Waals surface area contributed by atoms with Gasteiger partial charge in [-0.05, 0) is 162 Å². The van der Waals surface area contributed by atoms with Crippen molar-refractivity contribution < 1.29 is 0 Å². The molecule has 1 aliphatic carbocycles. The molecule has 1 unspecified atom stereocenters. The van der Waals surface area contributed by atoms with Crippen LogP contribution in [0, 0.1) is 0 Å². The Morgan fingerprint density at radius 1 is 0.257 bits per heavy atom. The fraction of sp³-hybridized carbons (Fsp3) is 0.0196. The Morgan fingerprint density at radius 2 is 0.615 bits per heavy atom. The fourth-order valence-corrected chi connectivity index (χ4v) is 19.5. The zero-order valence-electron chi connectivity index (χ0n) is 59.6. The van der Waals surface area contributed by atoms with E-state index in [0.29, 0.717) is 0 Å². The molecule has 0 spiro atoms. The molecule has 0 saturated carbocycles. The molecule has 16 aromatic carbocycles. The predicted octanol–water partition coefficient (Wildman–Crippen LogP) is 22.7. The molecule has 7 heteroatoms. The maximum absolute atomic E-state index is 2.70. The van der Waals surface area contributed by atoms with Gasteiger partial charge in [-0.15, -0.1) is 0 Å². The third kappa shape index (κ3) is 9.24. The van der Waals surface area contributed by atoms with E-state index in [9.17, 15) is 0 Å². The van der Waals surface area contributed by atoms with Crippen LogP contribution in [-0.2, 0) is 0 Å². The van der Waals surface area contributed by atoms with Crippen LogP contribution >= 0.6 is 0 Å². The second-order valence-electron chi connectivity index (χ2n) is 29.7. The van der Waals surface area contributed by atoms with Crippen LogP contribution in [0.25, 0.3) is 89.4 Å². The molecule has 0 saturated heterocycles. The van der Waals surface area contributed by atoms with E-state index in [1.165, 1.54) is 156 Å². The summed E-state index contributed by atoms with van der Waals surface area (Å²) in [6.45, 7) is -0.253. The van der Waals surface area contributed by atoms with Crippen LogP contribution < -0.4 is 52.4 Å². The van der Waals surface area contributed by atoms with Crippen molar-refractivity contribution in [1.29, 1.82) is 0 Å². The molecule has 0 N–H and O–H groups in total. The molecule has 0 bridgehead atoms. The topological polar surface area (TPSA) is 17.9 Å². The number of rotatable bonds is 10. The third-order valence-electron chi connectivity index (χ3n) is 24.0. The lowest BCUT2D eigenvalue weighted by molar-refractivity contribution is 0.820. The average Bonchev–Trinajstić information content (AvgIpc) is 1.54. The number of para-hydroxylation sites is 6. The first kappa shape index (κ1) is 61.4. The highest BCUT2D eigenvalue weighted by atomic mass is 15.2. The largest absolute Gasteiger partial charge is 0.312 e. The van der Waals surface area contributed by atoms with E-state index in [2.05, 4.69) is 412 Å². The van der Waals surface area contributed by atoms with Crippen molar-refractivity contribution in [2.75, 3.05) is 19.6 Å². The number of aromatic nitrogens is 1. The maximum atomic E-state index is 2.70. The zero-order valence-corrected chi connectivity index (χ0v) is 59.6. The average molecular weight is 1380 g/mol. The first-order valence-corrected chi connectivity index (χ1v) is 38.1. The molecule has 6 heterocycles. The van der Waals surface area contributed by atoms with Crippen molar-refractivity contribution >= 4 is 131 Å². The molecule has 1 atom stereocenters. The Kier molecular flexibility index (Phi) is 13.7. The second-order valence-corrected chi connectivity index (χ2v) is 29.7. The van der Waals surface area contributed by atoms with Gasteiger partial charge < -0.3 is 24.2 Å². The van der Waals surface area contributed by atoms with Gasteiger partial charge in [0, 0.05) is 102 Å². The van der Waals surface area contributed by atoms with Gasteiger partial charge >= 0.3 is 0 Å². The number of hydrogen-bond acceptors (Lipinski definition) is 4. The van der Waals surface area contributed by atoms with Crippen LogP contribution in [-0.4, -0.2) is 18.0 Å². The first-order valence-electron chi connectivity index (χ1n) is 38.1. The van der Waals surface area contributed by atoms with Crippen LogP contribution in [0.15, 0.2) is 382 Å². The van der Waals surface area contributed by atoms with E-state index in [4.69, 9.17) is 0 Å². The minimum Gasteiger partial charge on any atom is -0.312 e. The molecule has 0 amide bonds. The quantitative estimate of drug-likeness (QED) is 0.127. The van der Waals surface area contributed by atoms with Crippen LogP contribution in [0.5, 0.6) is 0 Å². The van der Waals surface area contributed by atoms with Gasteiger partial charge in [-0.1, -0.05) is 315 Å². The van der Waals surface area contributed by atoms with Crippen molar-refractivity contribution in [1.82, 2.24) is 4.57 Å². The van der Waals surface area contributed by atoms with Crippen molar-refractivity contribution in [2.45, 2.75) is 12.3 Å². The molecule has 23 rings (SSSR count). The van der Waals surface area contributed by atoms with Gasteiger partial charge in [0.2, 0.25) is 0 Å². The molecule has 5 aliphatic heterocycles. The first-order chi connectivity index (χ1) is 54.1. The number of nitrogens with zero attached hydrogens (tertiary/aromatic N) is 5. The zero-order chi connectivity index (χ0) is 71.4. The molecule has 0 radical (unpaired) electrons. The molecule has 0 fully saturated rings. The van der Waals surface area contributed by atoms with Crippen LogP contribution in [0.2, 0.25) is 0 Å². The minimum atomic E-state index is -0.133. The molecular formula is C102H67B2N5. The summed E-state index contributed by atoms with van der Waals surface area (Å²) in [4.78, 5) is 10.5. The van der Waals surface area contributed by atoms with Gasteiger partial charge in [0.05, 0.1) is 22.6 Å². The lowest BCUT2D eigenvalue weighted by atomic mass is 9.33. The van der Waals surface area contributed by atoms with Gasteiger partial charge in [-0.3, -0.25) is 0 Å². The lowest BCUT2D eigenvalue weighted by Gasteiger charge is -2.45. The number of anilines is 12. The summed E-state index contributed by atoms with van der Waals surface area (Å²) >= 11 is 0. The number of hydrogen-bond donors (Lipinski definition) is 0. The normalized spacial score (nSPS) is 14.1. The summed E-state index contributed by atoms with van der Waals surface area (Å²) in [6, 6.07) is 141. The number of allylic oxidation sites excluding steroid dienone is 1. The summed E-state index contributed by atoms with van der Waals surface area (Å²) in [7, 11) is 0. The highest BCUT2D eigenvalue weighted by Crippen LogP contribution is 2.57. The van der Waals surface area contributed by atoms with Gasteiger partial charge in [0.1, 0.15) is 0 Å². The monoisotopic (exact) mass is 1380 g/mol. The van der Waals surface area contributed by atoms with Crippen LogP contribution in [0.4, 0.5) is 68.2 Å². The molecule has 109 heavy (non-hydrogen) atoms. The Balaban J connectivity index is 0.777.